The van der Waals surface area contributed by atoms with E-state index < -0.39 is 11.5 Å². The standard InChI is InChI=1S/C18H21N5O4S/c19-17-21-13-11(14(24)22-17)7-9(8-20-13)1-2-10-3-4-12(28-10)15(25)23-18(5-6-18)16(26)27/h3-4,9H,1-2,5-8H2,(H,23,25)(H,26,27)(H4,19,20,21,22,24). The number of aromatic amines is 1. The lowest BCUT2D eigenvalue weighted by atomic mass is 9.92. The van der Waals surface area contributed by atoms with E-state index in [1.54, 1.807) is 6.07 Å². The molecule has 0 spiro atoms. The van der Waals surface area contributed by atoms with Gasteiger partial charge in [-0.15, -0.1) is 11.3 Å². The molecule has 4 rings (SSSR count). The highest BCUT2D eigenvalue weighted by atomic mass is 32.1. The maximum absolute atomic E-state index is 12.3. The predicted octanol–water partition coefficient (Wildman–Crippen LogP) is 0.978. The van der Waals surface area contributed by atoms with Gasteiger partial charge < -0.3 is 21.5 Å². The van der Waals surface area contributed by atoms with Gasteiger partial charge in [-0.3, -0.25) is 14.6 Å². The minimum absolute atomic E-state index is 0.106. The Labute approximate surface area is 164 Å². The van der Waals surface area contributed by atoms with Crippen LogP contribution in [0.2, 0.25) is 0 Å². The van der Waals surface area contributed by atoms with Crippen LogP contribution in [0, 0.1) is 5.92 Å². The third kappa shape index (κ3) is 3.59. The van der Waals surface area contributed by atoms with Crippen LogP contribution in [0.3, 0.4) is 0 Å². The van der Waals surface area contributed by atoms with Crippen molar-refractivity contribution >= 4 is 35.0 Å². The van der Waals surface area contributed by atoms with Crippen molar-refractivity contribution in [1.29, 1.82) is 0 Å². The number of nitrogen functional groups attached to an aromatic ring is 1. The van der Waals surface area contributed by atoms with Crippen molar-refractivity contribution in [3.8, 4) is 0 Å². The van der Waals surface area contributed by atoms with Gasteiger partial charge in [0.15, 0.2) is 0 Å². The van der Waals surface area contributed by atoms with Crippen molar-refractivity contribution in [2.24, 2.45) is 5.92 Å². The van der Waals surface area contributed by atoms with Crippen molar-refractivity contribution < 1.29 is 14.7 Å². The van der Waals surface area contributed by atoms with Gasteiger partial charge in [0.2, 0.25) is 5.95 Å². The van der Waals surface area contributed by atoms with Crippen LogP contribution in [0.15, 0.2) is 16.9 Å². The molecule has 1 amide bonds. The molecule has 1 unspecified atom stereocenters. The molecule has 2 aromatic rings. The molecule has 1 saturated carbocycles. The topological polar surface area (TPSA) is 150 Å². The van der Waals surface area contributed by atoms with Gasteiger partial charge in [0.25, 0.3) is 11.5 Å². The smallest absolute Gasteiger partial charge is 0.329 e. The van der Waals surface area contributed by atoms with E-state index in [1.165, 1.54) is 11.3 Å². The second-order valence-corrected chi connectivity index (χ2v) is 8.54. The average Bonchev–Trinajstić information content (AvgIpc) is 3.28. The molecule has 6 N–H and O–H groups in total. The Kier molecular flexibility index (Phi) is 4.58. The number of carbonyl (C=O) groups is 2. The fourth-order valence-corrected chi connectivity index (χ4v) is 4.35. The molecular formula is C18H21N5O4S. The number of thiophene rings is 1. The van der Waals surface area contributed by atoms with Crippen LogP contribution >= 0.6 is 11.3 Å². The number of H-pyrrole nitrogens is 1. The molecule has 1 fully saturated rings. The van der Waals surface area contributed by atoms with Gasteiger partial charge in [0.1, 0.15) is 11.4 Å². The summed E-state index contributed by atoms with van der Waals surface area (Å²) in [7, 11) is 0. The van der Waals surface area contributed by atoms with Crippen LogP contribution in [0.25, 0.3) is 0 Å². The van der Waals surface area contributed by atoms with Gasteiger partial charge in [0, 0.05) is 11.4 Å². The number of hydrogen-bond acceptors (Lipinski definition) is 7. The number of carboxylic acid groups (broad SMARTS) is 1. The molecule has 1 aliphatic carbocycles. The van der Waals surface area contributed by atoms with E-state index in [0.717, 1.165) is 17.7 Å². The minimum Gasteiger partial charge on any atom is -0.480 e. The second-order valence-electron chi connectivity index (χ2n) is 7.38. The molecule has 3 heterocycles. The first kappa shape index (κ1) is 18.5. The monoisotopic (exact) mass is 403 g/mol. The van der Waals surface area contributed by atoms with Gasteiger partial charge in [-0.1, -0.05) is 0 Å². The summed E-state index contributed by atoms with van der Waals surface area (Å²) < 4.78 is 0. The van der Waals surface area contributed by atoms with Gasteiger partial charge >= 0.3 is 5.97 Å². The summed E-state index contributed by atoms with van der Waals surface area (Å²) in [5, 5.41) is 15.0. The number of nitrogens with one attached hydrogen (secondary N) is 3. The summed E-state index contributed by atoms with van der Waals surface area (Å²) in [4.78, 5) is 43.8. The number of nitrogens with two attached hydrogens (primary N) is 1. The number of rotatable bonds is 6. The van der Waals surface area contributed by atoms with E-state index in [1.807, 2.05) is 6.07 Å². The highest BCUT2D eigenvalue weighted by Gasteiger charge is 2.51. The number of amides is 1. The Morgan fingerprint density at radius 1 is 1.39 bits per heavy atom. The Morgan fingerprint density at radius 3 is 2.89 bits per heavy atom. The Morgan fingerprint density at radius 2 is 2.18 bits per heavy atom. The van der Waals surface area contributed by atoms with E-state index in [4.69, 9.17) is 5.73 Å². The summed E-state index contributed by atoms with van der Waals surface area (Å²) in [5.41, 5.74) is 4.91. The Balaban J connectivity index is 1.34. The number of aryl methyl sites for hydroxylation is 1. The average molecular weight is 403 g/mol. The number of aliphatic carboxylic acids is 1. The summed E-state index contributed by atoms with van der Waals surface area (Å²) in [6.07, 6.45) is 3.22. The van der Waals surface area contributed by atoms with Crippen molar-refractivity contribution in [2.75, 3.05) is 17.6 Å². The summed E-state index contributed by atoms with van der Waals surface area (Å²) in [6, 6.07) is 3.64. The lowest BCUT2D eigenvalue weighted by Gasteiger charge is -2.24. The zero-order valence-electron chi connectivity index (χ0n) is 15.1. The summed E-state index contributed by atoms with van der Waals surface area (Å²) in [5.74, 6) is -0.372. The van der Waals surface area contributed by atoms with Crippen LogP contribution in [0.4, 0.5) is 11.8 Å². The zero-order valence-corrected chi connectivity index (χ0v) is 15.9. The fourth-order valence-electron chi connectivity index (χ4n) is 3.43. The number of fused-ring (bicyclic) bond motifs is 1. The normalized spacial score (nSPS) is 19.4. The molecule has 2 aliphatic rings. The number of aromatic nitrogens is 2. The molecule has 28 heavy (non-hydrogen) atoms. The largest absolute Gasteiger partial charge is 0.480 e. The molecule has 148 valence electrons. The van der Waals surface area contributed by atoms with Crippen molar-refractivity contribution in [1.82, 2.24) is 15.3 Å². The maximum Gasteiger partial charge on any atom is 0.329 e. The first-order valence-electron chi connectivity index (χ1n) is 9.13. The quantitative estimate of drug-likeness (QED) is 0.482. The highest BCUT2D eigenvalue weighted by molar-refractivity contribution is 7.14. The molecule has 1 aliphatic heterocycles. The van der Waals surface area contributed by atoms with E-state index in [-0.39, 0.29) is 23.3 Å². The van der Waals surface area contributed by atoms with Gasteiger partial charge in [-0.2, -0.15) is 4.98 Å². The van der Waals surface area contributed by atoms with Gasteiger partial charge in [-0.05, 0) is 50.2 Å². The first-order chi connectivity index (χ1) is 13.4. The molecule has 0 saturated heterocycles. The molecule has 1 atom stereocenters. The lowest BCUT2D eigenvalue weighted by Crippen LogP contribution is -2.42. The molecule has 2 aromatic heterocycles. The van der Waals surface area contributed by atoms with Crippen molar-refractivity contribution in [2.45, 2.75) is 37.6 Å². The van der Waals surface area contributed by atoms with Crippen LogP contribution in [-0.2, 0) is 17.6 Å². The Bertz CT molecular complexity index is 994. The lowest BCUT2D eigenvalue weighted by molar-refractivity contribution is -0.140. The van der Waals surface area contributed by atoms with Gasteiger partial charge in [0.05, 0.1) is 10.4 Å². The predicted molar refractivity (Wildman–Crippen MR) is 105 cm³/mol. The van der Waals surface area contributed by atoms with Crippen LogP contribution in [-0.4, -0.2) is 39.0 Å². The van der Waals surface area contributed by atoms with Crippen molar-refractivity contribution in [3.05, 3.63) is 37.8 Å². The van der Waals surface area contributed by atoms with E-state index in [0.29, 0.717) is 42.1 Å². The SMILES string of the molecule is Nc1nc2c(c(=O)[nH]1)CC(CCc1ccc(C(=O)NC3(C(=O)O)CC3)s1)CN2. The Hall–Kier alpha value is -2.88. The van der Waals surface area contributed by atoms with Crippen LogP contribution in [0.1, 0.15) is 39.4 Å². The number of carbonyl (C=O) groups excluding carboxylic acids is 1. The highest BCUT2D eigenvalue weighted by Crippen LogP contribution is 2.36. The number of nitrogens with zero attached hydrogens (tertiary/aromatic N) is 1. The summed E-state index contributed by atoms with van der Waals surface area (Å²) in [6.45, 7) is 0.711. The number of hydrogen-bond donors (Lipinski definition) is 5. The fraction of sp³-hybridized carbons (Fsp3) is 0.444. The number of anilines is 2. The van der Waals surface area contributed by atoms with Crippen LogP contribution in [0.5, 0.6) is 0 Å². The van der Waals surface area contributed by atoms with Crippen LogP contribution < -0.4 is 21.9 Å². The zero-order chi connectivity index (χ0) is 19.9. The number of carboxylic acids is 1. The third-order valence-electron chi connectivity index (χ3n) is 5.28. The molecule has 0 aromatic carbocycles. The van der Waals surface area contributed by atoms with E-state index in [2.05, 4.69) is 20.6 Å². The van der Waals surface area contributed by atoms with E-state index >= 15 is 0 Å². The molecule has 0 bridgehead atoms. The second kappa shape index (κ2) is 6.93. The maximum atomic E-state index is 12.3. The molecular weight excluding hydrogens is 382 g/mol. The van der Waals surface area contributed by atoms with Crippen molar-refractivity contribution in [3.63, 3.8) is 0 Å². The molecule has 0 radical (unpaired) electrons. The minimum atomic E-state index is -1.08. The molecule has 10 heteroatoms. The summed E-state index contributed by atoms with van der Waals surface area (Å²) >= 11 is 1.38. The first-order valence-corrected chi connectivity index (χ1v) is 9.95. The molecule has 9 nitrogen and oxygen atoms in total. The third-order valence-corrected chi connectivity index (χ3v) is 6.43. The van der Waals surface area contributed by atoms with E-state index in [9.17, 15) is 19.5 Å². The van der Waals surface area contributed by atoms with Gasteiger partial charge in [-0.25, -0.2) is 4.79 Å².